The van der Waals surface area contributed by atoms with E-state index >= 15 is 0 Å². The SMILES string of the molecule is C[C@@H]1C[C@@H](CO)C[C@H](C)N1Cc1ccccc1. The van der Waals surface area contributed by atoms with Crippen LogP contribution in [0, 0.1) is 5.92 Å². The largest absolute Gasteiger partial charge is 0.396 e. The van der Waals surface area contributed by atoms with Gasteiger partial charge in [-0.2, -0.15) is 0 Å². The van der Waals surface area contributed by atoms with Crippen molar-refractivity contribution in [1.82, 2.24) is 4.90 Å². The van der Waals surface area contributed by atoms with Gasteiger partial charge in [0.25, 0.3) is 0 Å². The Bertz CT molecular complexity index is 326. The van der Waals surface area contributed by atoms with Crippen LogP contribution in [0.1, 0.15) is 32.3 Å². The van der Waals surface area contributed by atoms with Gasteiger partial charge in [-0.15, -0.1) is 0 Å². The van der Waals surface area contributed by atoms with Crippen LogP contribution in [0.3, 0.4) is 0 Å². The Balaban J connectivity index is 2.01. The van der Waals surface area contributed by atoms with E-state index in [-0.39, 0.29) is 0 Å². The maximum absolute atomic E-state index is 9.28. The Hall–Kier alpha value is -0.860. The van der Waals surface area contributed by atoms with Crippen LogP contribution < -0.4 is 0 Å². The van der Waals surface area contributed by atoms with E-state index in [1.807, 2.05) is 0 Å². The van der Waals surface area contributed by atoms with Crippen molar-refractivity contribution >= 4 is 0 Å². The molecule has 1 N–H and O–H groups in total. The first-order valence-electron chi connectivity index (χ1n) is 6.61. The molecular weight excluding hydrogens is 210 g/mol. The van der Waals surface area contributed by atoms with E-state index in [4.69, 9.17) is 0 Å². The van der Waals surface area contributed by atoms with Gasteiger partial charge in [-0.05, 0) is 38.2 Å². The normalized spacial score (nSPS) is 30.4. The molecule has 1 aromatic rings. The molecule has 2 nitrogen and oxygen atoms in total. The molecule has 2 rings (SSSR count). The Kier molecular flexibility index (Phi) is 4.19. The summed E-state index contributed by atoms with van der Waals surface area (Å²) in [4.78, 5) is 2.56. The predicted octanol–water partition coefficient (Wildman–Crippen LogP) is 2.67. The molecule has 94 valence electrons. The lowest BCUT2D eigenvalue weighted by molar-refractivity contribution is 0.0411. The molecule has 0 radical (unpaired) electrons. The molecule has 17 heavy (non-hydrogen) atoms. The summed E-state index contributed by atoms with van der Waals surface area (Å²) in [5.74, 6) is 0.493. The highest BCUT2D eigenvalue weighted by molar-refractivity contribution is 5.14. The van der Waals surface area contributed by atoms with Crippen molar-refractivity contribution in [3.8, 4) is 0 Å². The topological polar surface area (TPSA) is 23.5 Å². The van der Waals surface area contributed by atoms with Crippen LogP contribution in [0.15, 0.2) is 30.3 Å². The number of hydrogen-bond donors (Lipinski definition) is 1. The maximum Gasteiger partial charge on any atom is 0.0460 e. The van der Waals surface area contributed by atoms with Gasteiger partial charge in [-0.25, -0.2) is 0 Å². The molecule has 0 aromatic heterocycles. The van der Waals surface area contributed by atoms with Crippen LogP contribution in [0.2, 0.25) is 0 Å². The van der Waals surface area contributed by atoms with Crippen molar-refractivity contribution in [2.24, 2.45) is 5.92 Å². The zero-order chi connectivity index (χ0) is 12.3. The summed E-state index contributed by atoms with van der Waals surface area (Å²) in [6.45, 7) is 5.93. The van der Waals surface area contributed by atoms with E-state index in [9.17, 15) is 5.11 Å². The van der Waals surface area contributed by atoms with Gasteiger partial charge >= 0.3 is 0 Å². The van der Waals surface area contributed by atoms with E-state index in [1.54, 1.807) is 0 Å². The zero-order valence-corrected chi connectivity index (χ0v) is 10.8. The summed E-state index contributed by atoms with van der Waals surface area (Å²) in [7, 11) is 0. The second-order valence-electron chi connectivity index (χ2n) is 5.38. The maximum atomic E-state index is 9.28. The highest BCUT2D eigenvalue weighted by Gasteiger charge is 2.30. The van der Waals surface area contributed by atoms with Gasteiger partial charge < -0.3 is 5.11 Å². The number of likely N-dealkylation sites (tertiary alicyclic amines) is 1. The molecule has 0 aliphatic carbocycles. The average molecular weight is 233 g/mol. The van der Waals surface area contributed by atoms with Crippen molar-refractivity contribution in [3.63, 3.8) is 0 Å². The number of piperidine rings is 1. The van der Waals surface area contributed by atoms with Crippen LogP contribution in [-0.2, 0) is 6.54 Å². The third kappa shape index (κ3) is 3.08. The van der Waals surface area contributed by atoms with Gasteiger partial charge in [0.1, 0.15) is 0 Å². The van der Waals surface area contributed by atoms with Crippen molar-refractivity contribution in [1.29, 1.82) is 0 Å². The fraction of sp³-hybridized carbons (Fsp3) is 0.600. The minimum atomic E-state index is 0.341. The molecule has 1 saturated heterocycles. The van der Waals surface area contributed by atoms with Crippen molar-refractivity contribution in [2.75, 3.05) is 6.61 Å². The van der Waals surface area contributed by atoms with Crippen LogP contribution >= 0.6 is 0 Å². The molecule has 2 heteroatoms. The Morgan fingerprint density at radius 3 is 2.24 bits per heavy atom. The summed E-state index contributed by atoms with van der Waals surface area (Å²) >= 11 is 0. The fourth-order valence-electron chi connectivity index (χ4n) is 3.02. The quantitative estimate of drug-likeness (QED) is 0.867. The molecule has 0 bridgehead atoms. The van der Waals surface area contributed by atoms with Crippen LogP contribution in [0.25, 0.3) is 0 Å². The average Bonchev–Trinajstić information content (AvgIpc) is 2.35. The van der Waals surface area contributed by atoms with Crippen LogP contribution in [0.4, 0.5) is 0 Å². The summed E-state index contributed by atoms with van der Waals surface area (Å²) in [6, 6.07) is 11.8. The fourth-order valence-corrected chi connectivity index (χ4v) is 3.02. The number of hydrogen-bond acceptors (Lipinski definition) is 2. The Morgan fingerprint density at radius 2 is 1.71 bits per heavy atom. The highest BCUT2D eigenvalue weighted by atomic mass is 16.3. The Labute approximate surface area is 104 Å². The second kappa shape index (κ2) is 5.65. The summed E-state index contributed by atoms with van der Waals surface area (Å²) in [6.07, 6.45) is 2.24. The van der Waals surface area contributed by atoms with E-state index in [1.165, 1.54) is 5.56 Å². The predicted molar refractivity (Wildman–Crippen MR) is 70.7 cm³/mol. The van der Waals surface area contributed by atoms with Gasteiger partial charge in [0.2, 0.25) is 0 Å². The molecular formula is C15H23NO. The summed E-state index contributed by atoms with van der Waals surface area (Å²) < 4.78 is 0. The number of rotatable bonds is 3. The first-order chi connectivity index (χ1) is 8.20. The second-order valence-corrected chi connectivity index (χ2v) is 5.38. The standard InChI is InChI=1S/C15H23NO/c1-12-8-15(11-17)9-13(2)16(12)10-14-6-4-3-5-7-14/h3-7,12-13,15,17H,8-11H2,1-2H3/t12-,13+,15-. The van der Waals surface area contributed by atoms with Gasteiger partial charge in [0, 0.05) is 25.2 Å². The number of nitrogens with zero attached hydrogens (tertiary/aromatic N) is 1. The first-order valence-corrected chi connectivity index (χ1v) is 6.61. The molecule has 0 amide bonds. The summed E-state index contributed by atoms with van der Waals surface area (Å²) in [5.41, 5.74) is 1.38. The molecule has 1 heterocycles. The molecule has 0 unspecified atom stereocenters. The van der Waals surface area contributed by atoms with Crippen molar-refractivity contribution in [2.45, 2.75) is 45.3 Å². The number of benzene rings is 1. The molecule has 1 aromatic carbocycles. The van der Waals surface area contributed by atoms with Gasteiger partial charge in [-0.3, -0.25) is 4.90 Å². The summed E-state index contributed by atoms with van der Waals surface area (Å²) in [5, 5.41) is 9.28. The van der Waals surface area contributed by atoms with E-state index < -0.39 is 0 Å². The monoisotopic (exact) mass is 233 g/mol. The third-order valence-electron chi connectivity index (χ3n) is 3.95. The molecule has 1 fully saturated rings. The minimum Gasteiger partial charge on any atom is -0.396 e. The highest BCUT2D eigenvalue weighted by Crippen LogP contribution is 2.28. The van der Waals surface area contributed by atoms with Crippen molar-refractivity contribution < 1.29 is 5.11 Å². The van der Waals surface area contributed by atoms with E-state index in [0.29, 0.717) is 24.6 Å². The van der Waals surface area contributed by atoms with E-state index in [0.717, 1.165) is 19.4 Å². The lowest BCUT2D eigenvalue weighted by atomic mass is 9.87. The van der Waals surface area contributed by atoms with Gasteiger partial charge in [0.05, 0.1) is 0 Å². The molecule has 1 aliphatic rings. The third-order valence-corrected chi connectivity index (χ3v) is 3.95. The first kappa shape index (κ1) is 12.6. The lowest BCUT2D eigenvalue weighted by Crippen LogP contribution is -2.46. The van der Waals surface area contributed by atoms with Crippen LogP contribution in [-0.4, -0.2) is 28.7 Å². The molecule has 3 atom stereocenters. The molecule has 1 aliphatic heterocycles. The van der Waals surface area contributed by atoms with Gasteiger partial charge in [-0.1, -0.05) is 30.3 Å². The van der Waals surface area contributed by atoms with Crippen LogP contribution in [0.5, 0.6) is 0 Å². The Morgan fingerprint density at radius 1 is 1.12 bits per heavy atom. The van der Waals surface area contributed by atoms with E-state index in [2.05, 4.69) is 49.1 Å². The smallest absolute Gasteiger partial charge is 0.0460 e. The number of aliphatic hydroxyl groups is 1. The minimum absolute atomic E-state index is 0.341. The van der Waals surface area contributed by atoms with Gasteiger partial charge in [0.15, 0.2) is 0 Å². The van der Waals surface area contributed by atoms with Crippen molar-refractivity contribution in [3.05, 3.63) is 35.9 Å². The zero-order valence-electron chi connectivity index (χ0n) is 10.8. The number of aliphatic hydroxyl groups excluding tert-OH is 1. The lowest BCUT2D eigenvalue weighted by Gasteiger charge is -2.42. The molecule has 0 saturated carbocycles. The molecule has 0 spiro atoms.